The molecule has 0 spiro atoms. The average Bonchev–Trinajstić information content (AvgIpc) is 3.37. The Bertz CT molecular complexity index is 1180. The lowest BCUT2D eigenvalue weighted by Crippen LogP contribution is -2.50. The van der Waals surface area contributed by atoms with E-state index in [4.69, 9.17) is 24.0 Å². The van der Waals surface area contributed by atoms with E-state index in [0.717, 1.165) is 16.8 Å². The summed E-state index contributed by atoms with van der Waals surface area (Å²) in [6.07, 6.45) is 0.481. The predicted octanol–water partition coefficient (Wildman–Crippen LogP) is 2.56. The molecule has 37 heavy (non-hydrogen) atoms. The molecule has 0 radical (unpaired) electrons. The van der Waals surface area contributed by atoms with E-state index in [0.29, 0.717) is 55.6 Å². The van der Waals surface area contributed by atoms with Crippen molar-refractivity contribution in [1.82, 2.24) is 14.8 Å². The Kier molecular flexibility index (Phi) is 8.17. The molecule has 1 unspecified atom stereocenters. The highest BCUT2D eigenvalue weighted by Crippen LogP contribution is 2.40. The number of carbonyl (C=O) groups excluding carboxylic acids is 2. The molecule has 2 aromatic rings. The predicted molar refractivity (Wildman–Crippen MR) is 139 cm³/mol. The summed E-state index contributed by atoms with van der Waals surface area (Å²) < 4.78 is 22.0. The van der Waals surface area contributed by atoms with Gasteiger partial charge in [-0.3, -0.25) is 14.5 Å². The second kappa shape index (κ2) is 11.5. The quantitative estimate of drug-likeness (QED) is 0.539. The van der Waals surface area contributed by atoms with Crippen LogP contribution in [0.4, 0.5) is 0 Å². The Morgan fingerprint density at radius 1 is 0.865 bits per heavy atom. The van der Waals surface area contributed by atoms with Gasteiger partial charge in [-0.15, -0.1) is 0 Å². The van der Waals surface area contributed by atoms with Gasteiger partial charge in [0.2, 0.25) is 5.91 Å². The molecule has 0 saturated carbocycles. The highest BCUT2D eigenvalue weighted by atomic mass is 16.5. The van der Waals surface area contributed by atoms with Crippen LogP contribution < -0.4 is 18.9 Å². The summed E-state index contributed by atoms with van der Waals surface area (Å²) in [4.78, 5) is 29.2. The Morgan fingerprint density at radius 2 is 1.49 bits per heavy atom. The first-order valence-electron chi connectivity index (χ1n) is 12.2. The number of amides is 2. The summed E-state index contributed by atoms with van der Waals surface area (Å²) in [7, 11) is 6.40. The number of ether oxygens (including phenoxy) is 4. The van der Waals surface area contributed by atoms with Crippen LogP contribution in [0.2, 0.25) is 0 Å². The molecule has 0 bridgehead atoms. The van der Waals surface area contributed by atoms with E-state index >= 15 is 0 Å². The smallest absolute Gasteiger partial charge is 0.257 e. The topological polar surface area (TPSA) is 93.1 Å². The fraction of sp³-hybridized carbons (Fsp3) is 0.444. The Labute approximate surface area is 217 Å². The van der Waals surface area contributed by atoms with E-state index in [2.05, 4.69) is 4.90 Å². The molecule has 0 aromatic heterocycles. The van der Waals surface area contributed by atoms with Crippen molar-refractivity contribution >= 4 is 17.5 Å². The molecular formula is C27H34N4O6. The molecule has 10 heteroatoms. The molecule has 1 fully saturated rings. The zero-order valence-electron chi connectivity index (χ0n) is 22.0. The van der Waals surface area contributed by atoms with Crippen LogP contribution >= 0.6 is 0 Å². The second-order valence-electron chi connectivity index (χ2n) is 8.96. The molecule has 2 aliphatic heterocycles. The number of piperazine rings is 1. The standard InChI is InChI=1S/C27H34N4O6/c1-18(32)30-12-10-29(11-13-30)17-27(33)31-24(22-9-7-20(35-3)15-26(22)37-5)16-23(28-31)21-8-6-19(34-2)14-25(21)36-4/h6-9,14-15,24H,10-13,16-17H2,1-5H3. The highest BCUT2D eigenvalue weighted by Gasteiger charge is 2.36. The molecule has 0 N–H and O–H groups in total. The van der Waals surface area contributed by atoms with Crippen LogP contribution in [0.15, 0.2) is 41.5 Å². The fourth-order valence-electron chi connectivity index (χ4n) is 4.76. The summed E-state index contributed by atoms with van der Waals surface area (Å²) >= 11 is 0. The van der Waals surface area contributed by atoms with Crippen LogP contribution in [0, 0.1) is 0 Å². The summed E-state index contributed by atoms with van der Waals surface area (Å²) in [6.45, 7) is 4.27. The van der Waals surface area contributed by atoms with Crippen molar-refractivity contribution in [3.05, 3.63) is 47.5 Å². The van der Waals surface area contributed by atoms with Crippen LogP contribution in [-0.2, 0) is 9.59 Å². The van der Waals surface area contributed by atoms with E-state index in [-0.39, 0.29) is 24.4 Å². The number of nitrogens with zero attached hydrogens (tertiary/aromatic N) is 4. The first kappa shape index (κ1) is 26.3. The summed E-state index contributed by atoms with van der Waals surface area (Å²) in [5.74, 6) is 2.51. The molecule has 4 rings (SSSR count). The van der Waals surface area contributed by atoms with Crippen molar-refractivity contribution in [3.8, 4) is 23.0 Å². The second-order valence-corrected chi connectivity index (χ2v) is 8.96. The van der Waals surface area contributed by atoms with Gasteiger partial charge in [0.15, 0.2) is 0 Å². The number of benzene rings is 2. The van der Waals surface area contributed by atoms with Gasteiger partial charge in [0, 0.05) is 62.8 Å². The maximum Gasteiger partial charge on any atom is 0.257 e. The zero-order valence-corrected chi connectivity index (χ0v) is 22.0. The largest absolute Gasteiger partial charge is 0.497 e. The van der Waals surface area contributed by atoms with Gasteiger partial charge in [-0.25, -0.2) is 5.01 Å². The third kappa shape index (κ3) is 5.64. The first-order valence-corrected chi connectivity index (χ1v) is 12.2. The van der Waals surface area contributed by atoms with Crippen LogP contribution in [-0.4, -0.2) is 93.5 Å². The molecule has 2 amide bonds. The van der Waals surface area contributed by atoms with E-state index in [1.54, 1.807) is 51.3 Å². The zero-order chi connectivity index (χ0) is 26.5. The Hall–Kier alpha value is -3.79. The van der Waals surface area contributed by atoms with Crippen molar-refractivity contribution in [2.24, 2.45) is 5.10 Å². The SMILES string of the molecule is COc1ccc(C2=NN(C(=O)CN3CCN(C(C)=O)CC3)C(c3ccc(OC)cc3OC)C2)c(OC)c1. The minimum Gasteiger partial charge on any atom is -0.497 e. The van der Waals surface area contributed by atoms with Gasteiger partial charge >= 0.3 is 0 Å². The van der Waals surface area contributed by atoms with Crippen LogP contribution in [0.5, 0.6) is 23.0 Å². The van der Waals surface area contributed by atoms with Crippen molar-refractivity contribution in [3.63, 3.8) is 0 Å². The summed E-state index contributed by atoms with van der Waals surface area (Å²) in [5.41, 5.74) is 2.37. The summed E-state index contributed by atoms with van der Waals surface area (Å²) in [5, 5.41) is 6.36. The maximum absolute atomic E-state index is 13.6. The van der Waals surface area contributed by atoms with Crippen molar-refractivity contribution in [1.29, 1.82) is 0 Å². The van der Waals surface area contributed by atoms with Gasteiger partial charge in [0.1, 0.15) is 23.0 Å². The van der Waals surface area contributed by atoms with Gasteiger partial charge in [-0.2, -0.15) is 5.10 Å². The third-order valence-corrected chi connectivity index (χ3v) is 6.86. The van der Waals surface area contributed by atoms with Crippen LogP contribution in [0.25, 0.3) is 0 Å². The van der Waals surface area contributed by atoms with Gasteiger partial charge in [-0.1, -0.05) is 0 Å². The minimum atomic E-state index is -0.367. The molecule has 2 aliphatic rings. The average molecular weight is 511 g/mol. The number of carbonyl (C=O) groups is 2. The van der Waals surface area contributed by atoms with Crippen molar-refractivity contribution in [2.75, 3.05) is 61.2 Å². The molecule has 10 nitrogen and oxygen atoms in total. The van der Waals surface area contributed by atoms with E-state index in [9.17, 15) is 9.59 Å². The van der Waals surface area contributed by atoms with E-state index in [1.165, 1.54) is 0 Å². The lowest BCUT2D eigenvalue weighted by Gasteiger charge is -2.34. The number of rotatable bonds is 8. The van der Waals surface area contributed by atoms with E-state index in [1.807, 2.05) is 30.3 Å². The molecule has 1 atom stereocenters. The van der Waals surface area contributed by atoms with Crippen LogP contribution in [0.3, 0.4) is 0 Å². The molecule has 198 valence electrons. The monoisotopic (exact) mass is 510 g/mol. The third-order valence-electron chi connectivity index (χ3n) is 6.86. The maximum atomic E-state index is 13.6. The normalized spacial score (nSPS) is 17.9. The number of hydrazone groups is 1. The molecule has 1 saturated heterocycles. The minimum absolute atomic E-state index is 0.0554. The number of hydrogen-bond donors (Lipinski definition) is 0. The van der Waals surface area contributed by atoms with Gasteiger partial charge in [-0.05, 0) is 24.3 Å². The lowest BCUT2D eigenvalue weighted by atomic mass is 9.97. The van der Waals surface area contributed by atoms with Gasteiger partial charge in [0.25, 0.3) is 5.91 Å². The number of methoxy groups -OCH3 is 4. The van der Waals surface area contributed by atoms with Crippen molar-refractivity contribution in [2.45, 2.75) is 19.4 Å². The summed E-state index contributed by atoms with van der Waals surface area (Å²) in [6, 6.07) is 10.8. The molecule has 0 aliphatic carbocycles. The first-order chi connectivity index (χ1) is 17.9. The molecular weight excluding hydrogens is 476 g/mol. The Balaban J connectivity index is 1.65. The Morgan fingerprint density at radius 3 is 2.08 bits per heavy atom. The number of hydrogen-bond acceptors (Lipinski definition) is 8. The van der Waals surface area contributed by atoms with Crippen LogP contribution in [0.1, 0.15) is 30.5 Å². The molecule has 2 aromatic carbocycles. The van der Waals surface area contributed by atoms with E-state index < -0.39 is 0 Å². The highest BCUT2D eigenvalue weighted by molar-refractivity contribution is 6.05. The lowest BCUT2D eigenvalue weighted by molar-refractivity contribution is -0.135. The van der Waals surface area contributed by atoms with Gasteiger partial charge < -0.3 is 23.8 Å². The fourth-order valence-corrected chi connectivity index (χ4v) is 4.76. The van der Waals surface area contributed by atoms with Gasteiger partial charge in [0.05, 0.1) is 46.7 Å². The van der Waals surface area contributed by atoms with Crippen molar-refractivity contribution < 1.29 is 28.5 Å². The molecule has 2 heterocycles.